The normalized spacial score (nSPS) is 19.8. The average Bonchev–Trinajstić information content (AvgIpc) is 3.18. The number of amides is 1. The van der Waals surface area contributed by atoms with Crippen molar-refractivity contribution >= 4 is 17.9 Å². The number of aliphatic hydroxyl groups is 1. The molecule has 0 aliphatic carbocycles. The molecule has 0 saturated carbocycles. The third-order valence-corrected chi connectivity index (χ3v) is 5.29. The van der Waals surface area contributed by atoms with E-state index < -0.39 is 18.3 Å². The Kier molecular flexibility index (Phi) is 8.97. The highest BCUT2D eigenvalue weighted by atomic mass is 19.1. The fourth-order valence-corrected chi connectivity index (χ4v) is 3.42. The van der Waals surface area contributed by atoms with Gasteiger partial charge in [0.05, 0.1) is 6.61 Å². The SMILES string of the molecule is C[C@@H]1OC(c2ccc(OCCCO)cc2)=N[C@]1(C/C=C/c1ccccc1)C(=O)NNCCF. The quantitative estimate of drug-likeness (QED) is 0.338. The summed E-state index contributed by atoms with van der Waals surface area (Å²) in [6.45, 7) is 1.70. The summed E-state index contributed by atoms with van der Waals surface area (Å²) in [4.78, 5) is 17.8. The summed E-state index contributed by atoms with van der Waals surface area (Å²) in [5.41, 5.74) is 5.68. The van der Waals surface area contributed by atoms with Crippen LogP contribution in [0.1, 0.15) is 30.9 Å². The first-order valence-corrected chi connectivity index (χ1v) is 11.0. The second-order valence-corrected chi connectivity index (χ2v) is 7.64. The fraction of sp³-hybridized carbons (Fsp3) is 0.360. The lowest BCUT2D eigenvalue weighted by Crippen LogP contribution is -2.54. The number of ether oxygens (including phenoxy) is 2. The summed E-state index contributed by atoms with van der Waals surface area (Å²) in [5, 5.41) is 8.87. The van der Waals surface area contributed by atoms with Crippen molar-refractivity contribution in [3.63, 3.8) is 0 Å². The number of carbonyl (C=O) groups is 1. The maximum Gasteiger partial charge on any atom is 0.266 e. The zero-order valence-corrected chi connectivity index (χ0v) is 18.7. The lowest BCUT2D eigenvalue weighted by molar-refractivity contribution is -0.129. The van der Waals surface area contributed by atoms with Crippen molar-refractivity contribution in [2.24, 2.45) is 4.99 Å². The molecule has 8 heteroatoms. The molecule has 1 aliphatic heterocycles. The standard InChI is InChI=1S/C25H30FN3O4/c1-19-25(24(31)29-27-16-15-26,14-5-9-20-7-3-2-4-8-20)28-23(33-19)21-10-12-22(13-11-21)32-18-6-17-30/h2-5,7-13,19,27,30H,6,14-18H2,1H3,(H,29,31)/b9-5+/t19-,25-/m0/s1. The van der Waals surface area contributed by atoms with Crippen LogP contribution in [0.2, 0.25) is 0 Å². The number of nitrogens with one attached hydrogen (secondary N) is 2. The second-order valence-electron chi connectivity index (χ2n) is 7.64. The molecule has 7 nitrogen and oxygen atoms in total. The first-order valence-electron chi connectivity index (χ1n) is 11.0. The number of aliphatic hydroxyl groups excluding tert-OH is 1. The van der Waals surface area contributed by atoms with Gasteiger partial charge in [-0.1, -0.05) is 42.5 Å². The Bertz CT molecular complexity index is 950. The van der Waals surface area contributed by atoms with Gasteiger partial charge in [0.15, 0.2) is 5.54 Å². The fourth-order valence-electron chi connectivity index (χ4n) is 3.42. The first-order chi connectivity index (χ1) is 16.1. The molecule has 0 bridgehead atoms. The Morgan fingerprint density at radius 2 is 2.00 bits per heavy atom. The Morgan fingerprint density at radius 1 is 1.24 bits per heavy atom. The van der Waals surface area contributed by atoms with E-state index in [0.29, 0.717) is 31.1 Å². The van der Waals surface area contributed by atoms with Crippen LogP contribution in [0.15, 0.2) is 65.7 Å². The van der Waals surface area contributed by atoms with Crippen molar-refractivity contribution in [2.45, 2.75) is 31.4 Å². The average molecular weight is 456 g/mol. The van der Waals surface area contributed by atoms with Crippen molar-refractivity contribution in [3.8, 4) is 5.75 Å². The Morgan fingerprint density at radius 3 is 2.70 bits per heavy atom. The number of carbonyl (C=O) groups excluding carboxylic acids is 1. The molecule has 1 aliphatic rings. The third kappa shape index (κ3) is 6.40. The number of hydrazine groups is 1. The van der Waals surface area contributed by atoms with Crippen molar-refractivity contribution < 1.29 is 23.8 Å². The molecule has 1 heterocycles. The van der Waals surface area contributed by atoms with Crippen LogP contribution >= 0.6 is 0 Å². The van der Waals surface area contributed by atoms with Gasteiger partial charge in [-0.25, -0.2) is 14.8 Å². The lowest BCUT2D eigenvalue weighted by Gasteiger charge is -2.27. The first kappa shape index (κ1) is 24.4. The monoisotopic (exact) mass is 455 g/mol. The van der Waals surface area contributed by atoms with E-state index in [-0.39, 0.29) is 19.1 Å². The molecule has 33 heavy (non-hydrogen) atoms. The van der Waals surface area contributed by atoms with E-state index in [0.717, 1.165) is 11.1 Å². The van der Waals surface area contributed by atoms with E-state index in [1.165, 1.54) is 0 Å². The molecule has 0 fully saturated rings. The molecule has 2 aromatic carbocycles. The number of hydrogen-bond acceptors (Lipinski definition) is 6. The number of rotatable bonds is 12. The van der Waals surface area contributed by atoms with Crippen LogP contribution in [-0.2, 0) is 9.53 Å². The van der Waals surface area contributed by atoms with Crippen LogP contribution in [0.5, 0.6) is 5.75 Å². The number of halogens is 1. The molecule has 0 unspecified atom stereocenters. The Balaban J connectivity index is 1.81. The van der Waals surface area contributed by atoms with E-state index in [1.807, 2.05) is 54.6 Å². The van der Waals surface area contributed by atoms with Crippen LogP contribution in [0.3, 0.4) is 0 Å². The van der Waals surface area contributed by atoms with E-state index in [4.69, 9.17) is 19.6 Å². The predicted octanol–water partition coefficient (Wildman–Crippen LogP) is 3.05. The predicted molar refractivity (Wildman–Crippen MR) is 126 cm³/mol. The van der Waals surface area contributed by atoms with E-state index >= 15 is 0 Å². The third-order valence-electron chi connectivity index (χ3n) is 5.29. The maximum atomic E-state index is 13.1. The molecule has 0 spiro atoms. The molecular formula is C25H30FN3O4. The molecule has 2 atom stereocenters. The number of hydrogen-bond donors (Lipinski definition) is 3. The van der Waals surface area contributed by atoms with Crippen molar-refractivity contribution in [1.29, 1.82) is 0 Å². The largest absolute Gasteiger partial charge is 0.494 e. The summed E-state index contributed by atoms with van der Waals surface area (Å²) < 4.78 is 24.1. The Labute approximate surface area is 193 Å². The van der Waals surface area contributed by atoms with Gasteiger partial charge in [-0.2, -0.15) is 0 Å². The number of aliphatic imine (C=N–C) groups is 1. The van der Waals surface area contributed by atoms with Gasteiger partial charge >= 0.3 is 0 Å². The van der Waals surface area contributed by atoms with Crippen LogP contribution < -0.4 is 15.6 Å². The molecule has 176 valence electrons. The molecule has 2 aromatic rings. The van der Waals surface area contributed by atoms with Crippen LogP contribution in [0.4, 0.5) is 4.39 Å². The van der Waals surface area contributed by atoms with E-state index in [2.05, 4.69) is 10.9 Å². The number of nitrogens with zero attached hydrogens (tertiary/aromatic N) is 1. The van der Waals surface area contributed by atoms with Gasteiger partial charge < -0.3 is 14.6 Å². The molecular weight excluding hydrogens is 425 g/mol. The van der Waals surface area contributed by atoms with Crippen LogP contribution in [-0.4, -0.2) is 55.0 Å². The minimum atomic E-state index is -1.21. The topological polar surface area (TPSA) is 92.2 Å². The van der Waals surface area contributed by atoms with Crippen molar-refractivity contribution in [3.05, 3.63) is 71.8 Å². The van der Waals surface area contributed by atoms with Crippen LogP contribution in [0, 0.1) is 0 Å². The summed E-state index contributed by atoms with van der Waals surface area (Å²) >= 11 is 0. The summed E-state index contributed by atoms with van der Waals surface area (Å²) in [6, 6.07) is 17.0. The number of alkyl halides is 1. The van der Waals surface area contributed by atoms with Crippen LogP contribution in [0.25, 0.3) is 6.08 Å². The highest BCUT2D eigenvalue weighted by molar-refractivity contribution is 6.00. The molecule has 0 saturated heterocycles. The van der Waals surface area contributed by atoms with E-state index in [1.54, 1.807) is 19.1 Å². The van der Waals surface area contributed by atoms with Gasteiger partial charge in [0.1, 0.15) is 18.5 Å². The smallest absolute Gasteiger partial charge is 0.266 e. The van der Waals surface area contributed by atoms with Gasteiger partial charge in [0, 0.05) is 31.6 Å². The second kappa shape index (κ2) is 12.1. The highest BCUT2D eigenvalue weighted by Gasteiger charge is 2.49. The highest BCUT2D eigenvalue weighted by Crippen LogP contribution is 2.33. The number of benzene rings is 2. The molecule has 1 amide bonds. The summed E-state index contributed by atoms with van der Waals surface area (Å²) in [7, 11) is 0. The Hall–Kier alpha value is -3.23. The van der Waals surface area contributed by atoms with Gasteiger partial charge in [0.2, 0.25) is 5.90 Å². The van der Waals surface area contributed by atoms with Gasteiger partial charge in [-0.15, -0.1) is 0 Å². The van der Waals surface area contributed by atoms with Gasteiger partial charge in [-0.3, -0.25) is 10.2 Å². The molecule has 3 N–H and O–H groups in total. The summed E-state index contributed by atoms with van der Waals surface area (Å²) in [6.07, 6.45) is 4.15. The summed E-state index contributed by atoms with van der Waals surface area (Å²) in [5.74, 6) is 0.641. The minimum Gasteiger partial charge on any atom is -0.494 e. The van der Waals surface area contributed by atoms with Gasteiger partial charge in [-0.05, 0) is 36.8 Å². The van der Waals surface area contributed by atoms with Gasteiger partial charge in [0.25, 0.3) is 5.91 Å². The van der Waals surface area contributed by atoms with Crippen molar-refractivity contribution in [1.82, 2.24) is 10.9 Å². The lowest BCUT2D eigenvalue weighted by atomic mass is 9.89. The van der Waals surface area contributed by atoms with E-state index in [9.17, 15) is 9.18 Å². The van der Waals surface area contributed by atoms with Crippen molar-refractivity contribution in [2.75, 3.05) is 26.4 Å². The molecule has 0 radical (unpaired) electrons. The zero-order chi connectivity index (χ0) is 23.5. The molecule has 0 aromatic heterocycles. The minimum absolute atomic E-state index is 0.00519. The zero-order valence-electron chi connectivity index (χ0n) is 18.7. The molecule has 3 rings (SSSR count). The maximum absolute atomic E-state index is 13.1.